The largest absolute Gasteiger partial charge is 0.412 e. The second-order valence-electron chi connectivity index (χ2n) is 1.84. The van der Waals surface area contributed by atoms with Crippen molar-refractivity contribution < 1.29 is 29.0 Å². The van der Waals surface area contributed by atoms with Gasteiger partial charge in [0.2, 0.25) is 0 Å². The van der Waals surface area contributed by atoms with Gasteiger partial charge in [-0.15, -0.1) is 4.33 Å². The maximum Gasteiger partial charge on any atom is 0.323 e. The van der Waals surface area contributed by atoms with Gasteiger partial charge in [0, 0.05) is 0 Å². The third-order valence-corrected chi connectivity index (χ3v) is 2.18. The molecular formula is C6H10O6S. The summed E-state index contributed by atoms with van der Waals surface area (Å²) >= 11 is 0. The summed E-state index contributed by atoms with van der Waals surface area (Å²) in [4.78, 5) is -0.0671. The van der Waals surface area contributed by atoms with Crippen molar-refractivity contribution in [3.8, 4) is 0 Å². The van der Waals surface area contributed by atoms with E-state index in [4.69, 9.17) is 5.26 Å². The first kappa shape index (κ1) is 14.5. The molecule has 0 fully saturated rings. The first-order chi connectivity index (χ1) is 5.17. The molecule has 0 heterocycles. The minimum atomic E-state index is -3.94. The van der Waals surface area contributed by atoms with Crippen molar-refractivity contribution in [3.05, 3.63) is 30.3 Å². The minimum absolute atomic E-state index is 0. The van der Waals surface area contributed by atoms with Gasteiger partial charge in [-0.1, -0.05) is 18.2 Å². The van der Waals surface area contributed by atoms with Crippen LogP contribution in [-0.2, 0) is 14.5 Å². The Morgan fingerprint density at radius 1 is 1.08 bits per heavy atom. The first-order valence-corrected chi connectivity index (χ1v) is 4.21. The van der Waals surface area contributed by atoms with E-state index in [0.29, 0.717) is 0 Å². The van der Waals surface area contributed by atoms with Crippen molar-refractivity contribution in [1.29, 1.82) is 0 Å². The van der Waals surface area contributed by atoms with E-state index in [1.165, 1.54) is 24.3 Å². The van der Waals surface area contributed by atoms with Gasteiger partial charge in [0.25, 0.3) is 0 Å². The Morgan fingerprint density at radius 3 is 1.92 bits per heavy atom. The van der Waals surface area contributed by atoms with Crippen LogP contribution in [0.1, 0.15) is 0 Å². The highest BCUT2D eigenvalue weighted by molar-refractivity contribution is 7.86. The molecule has 1 rings (SSSR count). The van der Waals surface area contributed by atoms with Crippen LogP contribution in [0, 0.1) is 0 Å². The summed E-state index contributed by atoms with van der Waals surface area (Å²) in [6.07, 6.45) is 0. The molecule has 0 atom stereocenters. The fourth-order valence-corrected chi connectivity index (χ4v) is 1.21. The molecule has 0 amide bonds. The molecule has 0 saturated carbocycles. The van der Waals surface area contributed by atoms with E-state index in [1.807, 2.05) is 0 Å². The monoisotopic (exact) mass is 210 g/mol. The average molecular weight is 210 g/mol. The normalized spacial score (nSPS) is 9.62. The second kappa shape index (κ2) is 5.62. The third kappa shape index (κ3) is 3.49. The fourth-order valence-electron chi connectivity index (χ4n) is 0.630. The molecule has 0 bridgehead atoms. The molecule has 5 N–H and O–H groups in total. The molecule has 0 radical (unpaired) electrons. The highest BCUT2D eigenvalue weighted by Gasteiger charge is 2.12. The van der Waals surface area contributed by atoms with Crippen molar-refractivity contribution in [2.75, 3.05) is 0 Å². The van der Waals surface area contributed by atoms with Gasteiger partial charge in [0.05, 0.1) is 4.90 Å². The van der Waals surface area contributed by atoms with Crippen molar-refractivity contribution in [3.63, 3.8) is 0 Å². The molecule has 0 unspecified atom stereocenters. The van der Waals surface area contributed by atoms with Gasteiger partial charge in [0.1, 0.15) is 0 Å². The van der Waals surface area contributed by atoms with Crippen LogP contribution in [0.3, 0.4) is 0 Å². The first-order valence-electron chi connectivity index (χ1n) is 2.80. The van der Waals surface area contributed by atoms with Crippen LogP contribution in [0.4, 0.5) is 0 Å². The summed E-state index contributed by atoms with van der Waals surface area (Å²) in [6, 6.07) is 7.38. The molecule has 1 aromatic rings. The molecule has 0 aromatic heterocycles. The minimum Gasteiger partial charge on any atom is -0.412 e. The van der Waals surface area contributed by atoms with Crippen LogP contribution in [0.5, 0.6) is 0 Å². The van der Waals surface area contributed by atoms with Crippen molar-refractivity contribution in [1.82, 2.24) is 0 Å². The smallest absolute Gasteiger partial charge is 0.323 e. The zero-order valence-corrected chi connectivity index (χ0v) is 7.28. The molecule has 0 aliphatic carbocycles. The second-order valence-corrected chi connectivity index (χ2v) is 3.37. The lowest BCUT2D eigenvalue weighted by molar-refractivity contribution is -0.130. The molecule has 0 aliphatic rings. The maximum atomic E-state index is 10.7. The van der Waals surface area contributed by atoms with Crippen LogP contribution >= 0.6 is 0 Å². The topological polar surface area (TPSA) is 127 Å². The Kier molecular flexibility index (Phi) is 6.28. The quantitative estimate of drug-likeness (QED) is 0.507. The molecule has 0 saturated heterocycles. The summed E-state index contributed by atoms with van der Waals surface area (Å²) in [5.74, 6) is 0. The van der Waals surface area contributed by atoms with Crippen LogP contribution in [0.25, 0.3) is 0 Å². The van der Waals surface area contributed by atoms with E-state index in [-0.39, 0.29) is 15.8 Å². The van der Waals surface area contributed by atoms with Crippen LogP contribution in [0.15, 0.2) is 35.2 Å². The number of hydrogen-bond acceptors (Lipinski definition) is 4. The van der Waals surface area contributed by atoms with Gasteiger partial charge >= 0.3 is 10.1 Å². The predicted molar refractivity (Wildman–Crippen MR) is 44.6 cm³/mol. The van der Waals surface area contributed by atoms with Crippen LogP contribution in [0.2, 0.25) is 0 Å². The van der Waals surface area contributed by atoms with Gasteiger partial charge in [-0.25, -0.2) is 5.26 Å². The average Bonchev–Trinajstić information content (AvgIpc) is 2.06. The van der Waals surface area contributed by atoms with Gasteiger partial charge in [-0.05, 0) is 12.1 Å². The Balaban J connectivity index is 0. The van der Waals surface area contributed by atoms with Gasteiger partial charge in [0.15, 0.2) is 0 Å². The highest BCUT2D eigenvalue weighted by Crippen LogP contribution is 2.08. The standard InChI is InChI=1S/C6H6O4S.2H2O/c7-10-11(8,9)6-4-2-1-3-5-6;;/h1-5,7H;2*1H2. The Morgan fingerprint density at radius 2 is 1.54 bits per heavy atom. The molecule has 1 aromatic carbocycles. The lowest BCUT2D eigenvalue weighted by atomic mass is 10.4. The lowest BCUT2D eigenvalue weighted by Gasteiger charge is -1.96. The van der Waals surface area contributed by atoms with Crippen molar-refractivity contribution in [2.45, 2.75) is 4.90 Å². The molecule has 13 heavy (non-hydrogen) atoms. The summed E-state index contributed by atoms with van der Waals surface area (Å²) in [5, 5.41) is 7.96. The van der Waals surface area contributed by atoms with E-state index in [0.717, 1.165) is 0 Å². The Hall–Kier alpha value is -0.990. The van der Waals surface area contributed by atoms with Crippen molar-refractivity contribution in [2.24, 2.45) is 0 Å². The summed E-state index contributed by atoms with van der Waals surface area (Å²) in [5.41, 5.74) is 0. The highest BCUT2D eigenvalue weighted by atomic mass is 32.2. The van der Waals surface area contributed by atoms with Gasteiger partial charge < -0.3 is 11.0 Å². The number of benzene rings is 1. The van der Waals surface area contributed by atoms with E-state index >= 15 is 0 Å². The molecular weight excluding hydrogens is 200 g/mol. The van der Waals surface area contributed by atoms with Crippen LogP contribution in [-0.4, -0.2) is 24.6 Å². The summed E-state index contributed by atoms with van der Waals surface area (Å²) < 4.78 is 24.8. The zero-order chi connectivity index (χ0) is 8.32. The van der Waals surface area contributed by atoms with E-state index in [1.54, 1.807) is 6.07 Å². The number of rotatable bonds is 2. The zero-order valence-electron chi connectivity index (χ0n) is 6.47. The molecule has 7 heteroatoms. The lowest BCUT2D eigenvalue weighted by Crippen LogP contribution is -2.02. The van der Waals surface area contributed by atoms with E-state index in [9.17, 15) is 8.42 Å². The third-order valence-electron chi connectivity index (χ3n) is 1.13. The van der Waals surface area contributed by atoms with Crippen LogP contribution < -0.4 is 0 Å². The van der Waals surface area contributed by atoms with E-state index < -0.39 is 10.1 Å². The molecule has 76 valence electrons. The molecule has 0 spiro atoms. The summed E-state index contributed by atoms with van der Waals surface area (Å²) in [6.45, 7) is 0. The van der Waals surface area contributed by atoms with Gasteiger partial charge in [-0.3, -0.25) is 0 Å². The number of hydrogen-bond donors (Lipinski definition) is 1. The molecule has 0 aliphatic heterocycles. The van der Waals surface area contributed by atoms with E-state index in [2.05, 4.69) is 4.33 Å². The van der Waals surface area contributed by atoms with Gasteiger partial charge in [-0.2, -0.15) is 8.42 Å². The maximum absolute atomic E-state index is 10.7. The Bertz CT molecular complexity index is 318. The molecule has 6 nitrogen and oxygen atoms in total. The fraction of sp³-hybridized carbons (Fsp3) is 0. The predicted octanol–water partition coefficient (Wildman–Crippen LogP) is -0.785. The summed E-state index contributed by atoms with van der Waals surface area (Å²) in [7, 11) is -3.94. The Labute approximate surface area is 75.1 Å². The SMILES string of the molecule is O.O.O=S(=O)(OO)c1ccccc1. The van der Waals surface area contributed by atoms with Crippen molar-refractivity contribution >= 4 is 10.1 Å².